The normalized spacial score (nSPS) is 28.3. The molecule has 5 heterocycles. The molecular formula is C40H52F2N6O9S. The molecule has 316 valence electrons. The van der Waals surface area contributed by atoms with Crippen LogP contribution in [0.4, 0.5) is 13.6 Å². The first-order chi connectivity index (χ1) is 27.3. The molecule has 5 atom stereocenters. The average molecular weight is 831 g/mol. The Morgan fingerprint density at radius 3 is 2.55 bits per heavy atom. The number of nitrogens with zero attached hydrogens (tertiary/aromatic N) is 3. The fourth-order valence-corrected chi connectivity index (χ4v) is 9.43. The molecule has 0 aromatic carbocycles. The molecule has 3 aliphatic heterocycles. The molecule has 0 radical (unpaired) electrons. The van der Waals surface area contributed by atoms with Crippen molar-refractivity contribution in [1.82, 2.24) is 30.2 Å². The number of aryl methyl sites for hydroxylation is 1. The van der Waals surface area contributed by atoms with Gasteiger partial charge in [-0.05, 0) is 69.8 Å². The lowest BCUT2D eigenvalue weighted by Gasteiger charge is -2.36. The molecule has 7 rings (SSSR count). The fraction of sp³-hybridized carbons (Fsp3) is 0.650. The Morgan fingerprint density at radius 2 is 1.86 bits per heavy atom. The van der Waals surface area contributed by atoms with Crippen molar-refractivity contribution in [3.63, 3.8) is 0 Å². The molecule has 58 heavy (non-hydrogen) atoms. The predicted octanol–water partition coefficient (Wildman–Crippen LogP) is 4.78. The Bertz CT molecular complexity index is 2140. The number of nitrogens with one attached hydrogen (secondary N) is 3. The van der Waals surface area contributed by atoms with E-state index in [1.54, 1.807) is 6.92 Å². The third-order valence-corrected chi connectivity index (χ3v) is 14.1. The van der Waals surface area contributed by atoms with Gasteiger partial charge in [0.2, 0.25) is 27.7 Å². The van der Waals surface area contributed by atoms with Crippen LogP contribution in [0.15, 0.2) is 24.3 Å². The second-order valence-electron chi connectivity index (χ2n) is 17.9. The maximum Gasteiger partial charge on any atom is 0.407 e. The lowest BCUT2D eigenvalue weighted by atomic mass is 9.88. The monoisotopic (exact) mass is 830 g/mol. The van der Waals surface area contributed by atoms with Crippen molar-refractivity contribution >= 4 is 44.9 Å². The number of alkyl carbamates (subject to hydrolysis) is 1. The number of sulfonamides is 1. The summed E-state index contributed by atoms with van der Waals surface area (Å²) >= 11 is 0. The van der Waals surface area contributed by atoms with Crippen LogP contribution >= 0.6 is 0 Å². The third kappa shape index (κ3) is 8.17. The van der Waals surface area contributed by atoms with Crippen LogP contribution in [0.3, 0.4) is 0 Å². The Kier molecular flexibility index (Phi) is 10.9. The Labute approximate surface area is 336 Å². The predicted molar refractivity (Wildman–Crippen MR) is 206 cm³/mol. The Balaban J connectivity index is 1.25. The molecule has 1 spiro atoms. The second-order valence-corrected chi connectivity index (χ2v) is 20.1. The summed E-state index contributed by atoms with van der Waals surface area (Å²) in [5, 5.41) is 5.55. The van der Waals surface area contributed by atoms with Crippen molar-refractivity contribution in [2.24, 2.45) is 11.3 Å². The van der Waals surface area contributed by atoms with Crippen molar-refractivity contribution in [2.45, 2.75) is 133 Å². The van der Waals surface area contributed by atoms with Crippen LogP contribution in [0.2, 0.25) is 0 Å². The van der Waals surface area contributed by atoms with E-state index in [0.29, 0.717) is 43.2 Å². The zero-order valence-electron chi connectivity index (χ0n) is 33.5. The topological polar surface area (TPSA) is 195 Å². The SMILES string of the molecule is COc1ccc2nc(C(F)F)c3c(c2n1)CCC1(CC2C(=O)NC4(C(=O)NS(=O)(=O)C5(C)CC5)CC4C=CCCCCCC(NC(=O)OCC(C)(C)C)C(=O)N2C1)O3. The van der Waals surface area contributed by atoms with Gasteiger partial charge in [0.05, 0.1) is 36.0 Å². The highest BCUT2D eigenvalue weighted by molar-refractivity contribution is 7.91. The van der Waals surface area contributed by atoms with E-state index in [4.69, 9.17) is 14.2 Å². The number of allylic oxidation sites excluding steroid dienone is 1. The van der Waals surface area contributed by atoms with Crippen molar-refractivity contribution in [3.8, 4) is 11.6 Å². The summed E-state index contributed by atoms with van der Waals surface area (Å²) in [5.41, 5.74) is -3.02. The largest absolute Gasteiger partial charge is 0.483 e. The van der Waals surface area contributed by atoms with Crippen LogP contribution in [-0.4, -0.2) is 95.3 Å². The van der Waals surface area contributed by atoms with Crippen LogP contribution in [0.25, 0.3) is 11.0 Å². The molecule has 4 amide bonds. The molecule has 3 N–H and O–H groups in total. The number of aromatic nitrogens is 2. The molecule has 2 aromatic rings. The summed E-state index contributed by atoms with van der Waals surface area (Å²) in [4.78, 5) is 66.4. The van der Waals surface area contributed by atoms with Gasteiger partial charge in [-0.1, -0.05) is 45.8 Å². The highest BCUT2D eigenvalue weighted by atomic mass is 32.2. The molecule has 2 aliphatic carbocycles. The molecule has 5 unspecified atom stereocenters. The Morgan fingerprint density at radius 1 is 1.10 bits per heavy atom. The van der Waals surface area contributed by atoms with Crippen LogP contribution in [0, 0.1) is 11.3 Å². The lowest BCUT2D eigenvalue weighted by Crippen LogP contribution is -2.58. The molecule has 3 fully saturated rings. The minimum Gasteiger partial charge on any atom is -0.483 e. The van der Waals surface area contributed by atoms with Crippen LogP contribution in [0.1, 0.15) is 110 Å². The molecule has 1 saturated heterocycles. The number of pyridine rings is 2. The van der Waals surface area contributed by atoms with Gasteiger partial charge in [-0.3, -0.25) is 19.1 Å². The first-order valence-electron chi connectivity index (χ1n) is 19.9. The number of fused-ring (bicyclic) bond motifs is 5. The van der Waals surface area contributed by atoms with Gasteiger partial charge in [-0.2, -0.15) is 0 Å². The average Bonchev–Trinajstić information content (AvgIpc) is 4.06. The molecule has 5 aliphatic rings. The molecule has 18 heteroatoms. The number of carbonyl (C=O) groups is 4. The van der Waals surface area contributed by atoms with Crippen molar-refractivity contribution < 1.29 is 50.6 Å². The number of hydrogen-bond acceptors (Lipinski definition) is 11. The number of carbonyl (C=O) groups excluding carboxylic acids is 4. The first kappa shape index (κ1) is 41.5. The number of alkyl halides is 2. The van der Waals surface area contributed by atoms with E-state index in [1.807, 2.05) is 32.9 Å². The zero-order valence-corrected chi connectivity index (χ0v) is 34.3. The molecule has 15 nitrogen and oxygen atoms in total. The van der Waals surface area contributed by atoms with Gasteiger partial charge >= 0.3 is 6.09 Å². The molecule has 2 saturated carbocycles. The summed E-state index contributed by atoms with van der Waals surface area (Å²) in [7, 11) is -2.63. The van der Waals surface area contributed by atoms with Gasteiger partial charge in [0.25, 0.3) is 12.3 Å². The Hall–Kier alpha value is -4.61. The highest BCUT2D eigenvalue weighted by Crippen LogP contribution is 2.49. The van der Waals surface area contributed by atoms with Gasteiger partial charge in [-0.25, -0.2) is 32.0 Å². The van der Waals surface area contributed by atoms with Gasteiger partial charge < -0.3 is 29.7 Å². The van der Waals surface area contributed by atoms with Gasteiger partial charge in [0, 0.05) is 24.0 Å². The molecular weight excluding hydrogens is 779 g/mol. The molecule has 2 aromatic heterocycles. The summed E-state index contributed by atoms with van der Waals surface area (Å²) < 4.78 is 74.2. The minimum absolute atomic E-state index is 0.0767. The van der Waals surface area contributed by atoms with Gasteiger partial charge in [0.15, 0.2) is 5.75 Å². The third-order valence-electron chi connectivity index (χ3n) is 12.0. The van der Waals surface area contributed by atoms with Crippen molar-refractivity contribution in [2.75, 3.05) is 20.3 Å². The zero-order chi connectivity index (χ0) is 41.8. The van der Waals surface area contributed by atoms with E-state index < -0.39 is 79.8 Å². The van der Waals surface area contributed by atoms with Crippen LogP contribution in [-0.2, 0) is 35.6 Å². The maximum atomic E-state index is 14.7. The van der Waals surface area contributed by atoms with E-state index in [1.165, 1.54) is 24.1 Å². The van der Waals surface area contributed by atoms with Crippen LogP contribution in [0.5, 0.6) is 11.6 Å². The van der Waals surface area contributed by atoms with E-state index >= 15 is 0 Å². The summed E-state index contributed by atoms with van der Waals surface area (Å²) in [5.74, 6) is -2.69. The van der Waals surface area contributed by atoms with E-state index in [2.05, 4.69) is 25.3 Å². The minimum atomic E-state index is -4.06. The number of rotatable bonds is 7. The van der Waals surface area contributed by atoms with Crippen molar-refractivity contribution in [3.05, 3.63) is 35.5 Å². The fourth-order valence-electron chi connectivity index (χ4n) is 8.12. The smallest absolute Gasteiger partial charge is 0.407 e. The first-order valence-corrected chi connectivity index (χ1v) is 21.4. The summed E-state index contributed by atoms with van der Waals surface area (Å²) in [6.07, 6.45) is 3.82. The summed E-state index contributed by atoms with van der Waals surface area (Å²) in [6.45, 7) is 7.08. The number of hydrogen-bond donors (Lipinski definition) is 3. The number of amides is 4. The van der Waals surface area contributed by atoms with Gasteiger partial charge in [-0.15, -0.1) is 0 Å². The van der Waals surface area contributed by atoms with E-state index in [9.17, 15) is 36.4 Å². The molecule has 0 bridgehead atoms. The van der Waals surface area contributed by atoms with E-state index in [0.717, 1.165) is 6.42 Å². The van der Waals surface area contributed by atoms with E-state index in [-0.39, 0.29) is 67.8 Å². The highest BCUT2D eigenvalue weighted by Gasteiger charge is 2.64. The number of halogens is 2. The maximum absolute atomic E-state index is 14.7. The lowest BCUT2D eigenvalue weighted by molar-refractivity contribution is -0.141. The van der Waals surface area contributed by atoms with Gasteiger partial charge in [0.1, 0.15) is 28.9 Å². The summed E-state index contributed by atoms with van der Waals surface area (Å²) in [6, 6.07) is 0.633. The number of ether oxygens (including phenoxy) is 3. The van der Waals surface area contributed by atoms with Crippen molar-refractivity contribution in [1.29, 1.82) is 0 Å². The quantitative estimate of drug-likeness (QED) is 0.325. The second kappa shape index (κ2) is 15.2. The van der Waals surface area contributed by atoms with Crippen LogP contribution < -0.4 is 24.8 Å². The number of methoxy groups -OCH3 is 1. The standard InChI is InChI=1S/C40H52F2N6O9S/c1-37(2,3)22-56-36(52)44-26-12-10-8-6-7-9-11-23-19-40(23,35(51)47-58(53,54)38(4)17-18-38)46-33(49)27-20-39(21-48(27)34(26)50)16-15-24-29-25(13-14-28(45-29)55-5)43-30(32(41)42)31(24)57-39/h9,11,13-14,23,26-27,32H,6-8,10,12,15-22H2,1-5H3,(H,44,52)(H,46,49)(H,47,51).